The van der Waals surface area contributed by atoms with Gasteiger partial charge in [0.05, 0.1) is 27.8 Å². The molecule has 0 radical (unpaired) electrons. The van der Waals surface area contributed by atoms with Crippen molar-refractivity contribution in [2.75, 3.05) is 0 Å². The van der Waals surface area contributed by atoms with Crippen molar-refractivity contribution in [2.45, 2.75) is 0 Å². The summed E-state index contributed by atoms with van der Waals surface area (Å²) in [6.07, 6.45) is 0. The third-order valence-corrected chi connectivity index (χ3v) is 7.74. The van der Waals surface area contributed by atoms with Gasteiger partial charge in [-0.15, -0.1) is 0 Å². The fourth-order valence-corrected chi connectivity index (χ4v) is 6.01. The first-order valence-electron chi connectivity index (χ1n) is 13.6. The van der Waals surface area contributed by atoms with E-state index in [1.807, 2.05) is 0 Å². The van der Waals surface area contributed by atoms with Crippen molar-refractivity contribution in [1.29, 1.82) is 0 Å². The Kier molecular flexibility index (Phi) is 5.14. The van der Waals surface area contributed by atoms with Crippen LogP contribution in [0.15, 0.2) is 152 Å². The van der Waals surface area contributed by atoms with Crippen LogP contribution in [0.25, 0.3) is 66.7 Å². The lowest BCUT2D eigenvalue weighted by Crippen LogP contribution is -2.00. The second-order valence-corrected chi connectivity index (χ2v) is 10.0. The van der Waals surface area contributed by atoms with Gasteiger partial charge >= 0.3 is 0 Å². The maximum atomic E-state index is 5.43. The average Bonchev–Trinajstić information content (AvgIpc) is 3.58. The molecule has 188 valence electrons. The Bertz CT molecular complexity index is 2140. The summed E-state index contributed by atoms with van der Waals surface area (Å²) in [7, 11) is 0. The van der Waals surface area contributed by atoms with E-state index in [1.54, 1.807) is 0 Å². The van der Waals surface area contributed by atoms with Crippen LogP contribution in [0.3, 0.4) is 0 Å². The summed E-state index contributed by atoms with van der Waals surface area (Å²) in [6, 6.07) is 53.5. The minimum absolute atomic E-state index is 0.933. The van der Waals surface area contributed by atoms with Crippen LogP contribution in [0.2, 0.25) is 0 Å². The molecule has 3 nitrogen and oxygen atoms in total. The van der Waals surface area contributed by atoms with Gasteiger partial charge in [0, 0.05) is 27.6 Å². The normalized spacial score (nSPS) is 11.5. The molecule has 6 aromatic carbocycles. The second kappa shape index (κ2) is 9.11. The van der Waals surface area contributed by atoms with Gasteiger partial charge in [0.15, 0.2) is 0 Å². The van der Waals surface area contributed by atoms with E-state index in [1.165, 1.54) is 27.4 Å². The van der Waals surface area contributed by atoms with Gasteiger partial charge in [-0.2, -0.15) is 0 Å². The zero-order valence-electron chi connectivity index (χ0n) is 21.8. The number of aromatic nitrogens is 3. The van der Waals surface area contributed by atoms with E-state index >= 15 is 0 Å². The molecule has 2 aromatic heterocycles. The van der Waals surface area contributed by atoms with Crippen molar-refractivity contribution in [3.05, 3.63) is 152 Å². The van der Waals surface area contributed by atoms with Gasteiger partial charge in [-0.1, -0.05) is 115 Å². The van der Waals surface area contributed by atoms with Gasteiger partial charge in [0.25, 0.3) is 0 Å². The Balaban J connectivity index is 1.52. The summed E-state index contributed by atoms with van der Waals surface area (Å²) >= 11 is 0. The van der Waals surface area contributed by atoms with Gasteiger partial charge in [0.2, 0.25) is 0 Å². The Hall–Kier alpha value is -5.41. The fourth-order valence-electron chi connectivity index (χ4n) is 6.01. The van der Waals surface area contributed by atoms with Gasteiger partial charge < -0.3 is 4.57 Å². The quantitative estimate of drug-likeness (QED) is 0.231. The summed E-state index contributed by atoms with van der Waals surface area (Å²) < 4.78 is 4.68. The van der Waals surface area contributed by atoms with Gasteiger partial charge in [-0.25, -0.2) is 4.98 Å². The van der Waals surface area contributed by atoms with E-state index < -0.39 is 0 Å². The number of fused-ring (bicyclic) bond motifs is 5. The molecule has 0 aliphatic carbocycles. The Labute approximate surface area is 232 Å². The molecule has 0 bridgehead atoms. The van der Waals surface area contributed by atoms with Crippen LogP contribution in [0.4, 0.5) is 0 Å². The first-order valence-corrected chi connectivity index (χ1v) is 13.6. The van der Waals surface area contributed by atoms with E-state index in [4.69, 9.17) is 4.98 Å². The number of benzene rings is 6. The highest BCUT2D eigenvalue weighted by molar-refractivity contribution is 6.20. The smallest absolute Gasteiger partial charge is 0.145 e. The maximum Gasteiger partial charge on any atom is 0.145 e. The van der Waals surface area contributed by atoms with Crippen LogP contribution in [-0.2, 0) is 0 Å². The highest BCUT2D eigenvalue weighted by Crippen LogP contribution is 2.40. The molecular weight excluding hydrogens is 486 g/mol. The van der Waals surface area contributed by atoms with Gasteiger partial charge in [-0.05, 0) is 42.0 Å². The molecule has 0 amide bonds. The van der Waals surface area contributed by atoms with E-state index in [0.717, 1.165) is 39.3 Å². The fraction of sp³-hybridized carbons (Fsp3) is 0. The minimum atomic E-state index is 0.933. The van der Waals surface area contributed by atoms with Crippen molar-refractivity contribution in [2.24, 2.45) is 0 Å². The highest BCUT2D eigenvalue weighted by Gasteiger charge is 2.22. The second-order valence-electron chi connectivity index (χ2n) is 10.0. The maximum absolute atomic E-state index is 5.43. The van der Waals surface area contributed by atoms with E-state index in [2.05, 4.69) is 161 Å². The lowest BCUT2D eigenvalue weighted by Gasteiger charge is -2.15. The topological polar surface area (TPSA) is 22.8 Å². The van der Waals surface area contributed by atoms with E-state index in [0.29, 0.717) is 0 Å². The number of imidazole rings is 1. The zero-order chi connectivity index (χ0) is 26.5. The third-order valence-electron chi connectivity index (χ3n) is 7.74. The minimum Gasteiger partial charge on any atom is -0.309 e. The molecule has 2 heterocycles. The van der Waals surface area contributed by atoms with Crippen LogP contribution in [0, 0.1) is 0 Å². The summed E-state index contributed by atoms with van der Waals surface area (Å²) in [5.41, 5.74) is 10.1. The zero-order valence-corrected chi connectivity index (χ0v) is 21.8. The molecule has 8 rings (SSSR count). The van der Waals surface area contributed by atoms with Crippen LogP contribution in [-0.4, -0.2) is 14.1 Å². The number of hydrogen-bond donors (Lipinski definition) is 0. The summed E-state index contributed by atoms with van der Waals surface area (Å²) in [5, 5.41) is 2.37. The number of hydrogen-bond acceptors (Lipinski definition) is 1. The van der Waals surface area contributed by atoms with E-state index in [-0.39, 0.29) is 0 Å². The molecule has 40 heavy (non-hydrogen) atoms. The molecule has 0 spiro atoms. The summed E-state index contributed by atoms with van der Waals surface area (Å²) in [6.45, 7) is 0. The molecular formula is C37H25N3. The van der Waals surface area contributed by atoms with Gasteiger partial charge in [0.1, 0.15) is 5.82 Å². The summed E-state index contributed by atoms with van der Waals surface area (Å²) in [4.78, 5) is 5.43. The third kappa shape index (κ3) is 3.41. The molecule has 8 aromatic rings. The Morgan fingerprint density at radius 2 is 1.02 bits per heavy atom. The monoisotopic (exact) mass is 511 g/mol. The molecule has 0 aliphatic heterocycles. The van der Waals surface area contributed by atoms with Crippen LogP contribution in [0.1, 0.15) is 0 Å². The first kappa shape index (κ1) is 22.6. The highest BCUT2D eigenvalue weighted by atomic mass is 15.1. The van der Waals surface area contributed by atoms with Crippen LogP contribution >= 0.6 is 0 Å². The number of para-hydroxylation sites is 3. The predicted octanol–water partition coefficient (Wildman–Crippen LogP) is 9.46. The largest absolute Gasteiger partial charge is 0.309 e. The van der Waals surface area contributed by atoms with Crippen LogP contribution < -0.4 is 0 Å². The number of nitrogens with zero attached hydrogens (tertiary/aromatic N) is 3. The first-order chi connectivity index (χ1) is 19.9. The summed E-state index contributed by atoms with van der Waals surface area (Å²) in [5.74, 6) is 0.933. The van der Waals surface area contributed by atoms with E-state index in [9.17, 15) is 0 Å². The molecule has 0 atom stereocenters. The van der Waals surface area contributed by atoms with Crippen molar-refractivity contribution < 1.29 is 0 Å². The van der Waals surface area contributed by atoms with Gasteiger partial charge in [-0.3, -0.25) is 4.57 Å². The lowest BCUT2D eigenvalue weighted by atomic mass is 10.0. The lowest BCUT2D eigenvalue weighted by molar-refractivity contribution is 1.10. The molecule has 0 unspecified atom stereocenters. The van der Waals surface area contributed by atoms with Crippen molar-refractivity contribution in [3.63, 3.8) is 0 Å². The molecule has 0 N–H and O–H groups in total. The van der Waals surface area contributed by atoms with Crippen molar-refractivity contribution in [1.82, 2.24) is 14.1 Å². The SMILES string of the molecule is c1ccc(-c2ccccc2-n2c(-c3ccccc3)nc3c4c5ccccc5n(-c5ccccc5)c4ccc32)cc1. The molecule has 0 aliphatic rings. The molecule has 3 heteroatoms. The predicted molar refractivity (Wildman–Crippen MR) is 166 cm³/mol. The van der Waals surface area contributed by atoms with Crippen molar-refractivity contribution >= 4 is 32.8 Å². The standard InChI is InChI=1S/C37H25N3/c1-4-14-26(15-5-1)29-20-10-12-22-31(29)40-34-25-24-33-35(36(34)38-37(40)27-16-6-2-7-17-27)30-21-11-13-23-32(30)39(33)28-18-8-3-9-19-28/h1-25H. The Morgan fingerprint density at radius 1 is 0.425 bits per heavy atom. The average molecular weight is 512 g/mol. The molecule has 0 saturated carbocycles. The van der Waals surface area contributed by atoms with Crippen molar-refractivity contribution in [3.8, 4) is 33.9 Å². The molecule has 0 saturated heterocycles. The Morgan fingerprint density at radius 3 is 1.80 bits per heavy atom. The molecule has 0 fully saturated rings. The number of rotatable bonds is 4. The van der Waals surface area contributed by atoms with Crippen LogP contribution in [0.5, 0.6) is 0 Å².